The molecule has 0 fully saturated rings. The molecule has 0 aliphatic rings. The lowest BCUT2D eigenvalue weighted by Gasteiger charge is -2.06. The van der Waals surface area contributed by atoms with Gasteiger partial charge in [-0.25, -0.2) is 9.13 Å². The minimum atomic E-state index is -1.25. The average Bonchev–Trinajstić information content (AvgIpc) is 2.72. The number of imidazole rings is 1. The van der Waals surface area contributed by atoms with Gasteiger partial charge in [-0.05, 0) is 6.42 Å². The van der Waals surface area contributed by atoms with Gasteiger partial charge >= 0.3 is 0 Å². The van der Waals surface area contributed by atoms with E-state index in [1.54, 1.807) is 0 Å². The molecule has 2 N–H and O–H groups in total. The Morgan fingerprint density at radius 3 is 2.59 bits per heavy atom. The van der Waals surface area contributed by atoms with Gasteiger partial charge in [0.15, 0.2) is 0 Å². The van der Waals surface area contributed by atoms with Crippen LogP contribution < -0.4 is 15.4 Å². The van der Waals surface area contributed by atoms with Gasteiger partial charge < -0.3 is 15.6 Å². The first kappa shape index (κ1) is 16.0. The standard InChI is InChI=1S/C8H15N2.C3H7NO2S/c1-3-4-5-10-7-6-9(2)8-10;4-2(1-7)3(5)6/h6-8H,3-5H2,1-2H3;2,7H,1,4H2,(H,5,6)/q+1;/p-1. The van der Waals surface area contributed by atoms with Crippen molar-refractivity contribution in [2.45, 2.75) is 32.4 Å². The number of rotatable bonds is 5. The van der Waals surface area contributed by atoms with E-state index in [-0.39, 0.29) is 5.75 Å². The second kappa shape index (κ2) is 9.07. The molecule has 0 amide bonds. The number of hydrogen-bond acceptors (Lipinski definition) is 4. The molecule has 6 heteroatoms. The van der Waals surface area contributed by atoms with Crippen LogP contribution in [0.2, 0.25) is 0 Å². The van der Waals surface area contributed by atoms with Crippen LogP contribution >= 0.6 is 12.6 Å². The third-order valence-electron chi connectivity index (χ3n) is 2.09. The Morgan fingerprint density at radius 2 is 2.29 bits per heavy atom. The minimum Gasteiger partial charge on any atom is -0.548 e. The lowest BCUT2D eigenvalue weighted by atomic mass is 10.3. The average molecular weight is 259 g/mol. The molecule has 0 aliphatic carbocycles. The van der Waals surface area contributed by atoms with Crippen LogP contribution in [0, 0.1) is 0 Å². The van der Waals surface area contributed by atoms with Crippen LogP contribution in [0.3, 0.4) is 0 Å². The summed E-state index contributed by atoms with van der Waals surface area (Å²) in [6, 6.07) is -0.927. The summed E-state index contributed by atoms with van der Waals surface area (Å²) in [5, 5.41) is 9.65. The quantitative estimate of drug-likeness (QED) is 0.532. The number of aliphatic carboxylic acids is 1. The van der Waals surface area contributed by atoms with Crippen molar-refractivity contribution in [3.63, 3.8) is 0 Å². The number of carboxylic acid groups (broad SMARTS) is 1. The van der Waals surface area contributed by atoms with E-state index in [0.29, 0.717) is 0 Å². The summed E-state index contributed by atoms with van der Waals surface area (Å²) in [5.41, 5.74) is 4.88. The number of carbonyl (C=O) groups is 1. The Balaban J connectivity index is 0.000000325. The van der Waals surface area contributed by atoms with Gasteiger partial charge in [-0.2, -0.15) is 12.6 Å². The zero-order valence-electron chi connectivity index (χ0n) is 10.4. The highest BCUT2D eigenvalue weighted by Gasteiger charge is 1.96. The largest absolute Gasteiger partial charge is 0.548 e. The van der Waals surface area contributed by atoms with Gasteiger partial charge in [0.2, 0.25) is 6.33 Å². The molecule has 17 heavy (non-hydrogen) atoms. The van der Waals surface area contributed by atoms with E-state index in [4.69, 9.17) is 5.73 Å². The Hall–Kier alpha value is -1.01. The Kier molecular flexibility index (Phi) is 8.53. The normalized spacial score (nSPS) is 11.5. The fraction of sp³-hybridized carbons (Fsp3) is 0.636. The van der Waals surface area contributed by atoms with Crippen LogP contribution in [0.15, 0.2) is 18.7 Å². The third kappa shape index (κ3) is 7.82. The SMILES string of the molecule is CCCCn1cc[n+](C)c1.NC(CS)C(=O)[O-]. The number of carboxylic acids is 1. The summed E-state index contributed by atoms with van der Waals surface area (Å²) >= 11 is 3.61. The van der Waals surface area contributed by atoms with E-state index >= 15 is 0 Å². The van der Waals surface area contributed by atoms with Crippen molar-refractivity contribution < 1.29 is 14.5 Å². The molecule has 0 aromatic carbocycles. The highest BCUT2D eigenvalue weighted by atomic mass is 32.1. The van der Waals surface area contributed by atoms with Crippen molar-refractivity contribution in [3.05, 3.63) is 18.7 Å². The van der Waals surface area contributed by atoms with Gasteiger partial charge in [0.25, 0.3) is 0 Å². The predicted molar refractivity (Wildman–Crippen MR) is 67.4 cm³/mol. The molecule has 0 bridgehead atoms. The van der Waals surface area contributed by atoms with Crippen LogP contribution in [-0.4, -0.2) is 22.3 Å². The third-order valence-corrected chi connectivity index (χ3v) is 2.49. The first-order valence-electron chi connectivity index (χ1n) is 5.59. The zero-order chi connectivity index (χ0) is 13.3. The van der Waals surface area contributed by atoms with Crippen molar-refractivity contribution >= 4 is 18.6 Å². The fourth-order valence-corrected chi connectivity index (χ4v) is 1.20. The molecule has 98 valence electrons. The highest BCUT2D eigenvalue weighted by Crippen LogP contribution is 1.91. The summed E-state index contributed by atoms with van der Waals surface area (Å²) in [6.07, 6.45) is 8.82. The molecule has 0 saturated heterocycles. The molecular weight excluding hydrogens is 238 g/mol. The van der Waals surface area contributed by atoms with Gasteiger partial charge in [0.1, 0.15) is 12.4 Å². The lowest BCUT2D eigenvalue weighted by Crippen LogP contribution is -2.42. The molecule has 1 heterocycles. The summed E-state index contributed by atoms with van der Waals surface area (Å²) in [5.74, 6) is -1.13. The number of unbranched alkanes of at least 4 members (excludes halogenated alkanes) is 1. The molecule has 1 aromatic rings. The van der Waals surface area contributed by atoms with Gasteiger partial charge in [-0.3, -0.25) is 0 Å². The van der Waals surface area contributed by atoms with Gasteiger partial charge in [-0.1, -0.05) is 13.3 Å². The van der Waals surface area contributed by atoms with Gasteiger partial charge in [0.05, 0.1) is 25.6 Å². The molecule has 1 atom stereocenters. The number of thiol groups is 1. The minimum absolute atomic E-state index is 0.127. The smallest absolute Gasteiger partial charge is 0.243 e. The van der Waals surface area contributed by atoms with E-state index in [2.05, 4.69) is 47.4 Å². The Labute approximate surface area is 108 Å². The molecule has 0 spiro atoms. The van der Waals surface area contributed by atoms with Gasteiger partial charge in [0, 0.05) is 5.75 Å². The maximum atomic E-state index is 9.65. The van der Waals surface area contributed by atoms with Crippen molar-refractivity contribution in [1.29, 1.82) is 0 Å². The topological polar surface area (TPSA) is 75.0 Å². The highest BCUT2D eigenvalue weighted by molar-refractivity contribution is 7.80. The number of hydrogen-bond donors (Lipinski definition) is 2. The fourth-order valence-electron chi connectivity index (χ4n) is 1.05. The van der Waals surface area contributed by atoms with Crippen LogP contribution in [0.5, 0.6) is 0 Å². The predicted octanol–water partition coefficient (Wildman–Crippen LogP) is -0.894. The Morgan fingerprint density at radius 1 is 1.65 bits per heavy atom. The van der Waals surface area contributed by atoms with E-state index in [1.807, 2.05) is 7.05 Å². The Bertz CT molecular complexity index is 328. The van der Waals surface area contributed by atoms with E-state index in [9.17, 15) is 9.90 Å². The number of aryl methyl sites for hydroxylation is 2. The van der Waals surface area contributed by atoms with Crippen LogP contribution in [-0.2, 0) is 18.4 Å². The van der Waals surface area contributed by atoms with Crippen molar-refractivity contribution in [2.24, 2.45) is 12.8 Å². The number of carbonyl (C=O) groups excluding carboxylic acids is 1. The van der Waals surface area contributed by atoms with Crippen molar-refractivity contribution in [1.82, 2.24) is 4.57 Å². The molecule has 1 unspecified atom stereocenters. The second-order valence-electron chi connectivity index (χ2n) is 3.78. The maximum Gasteiger partial charge on any atom is 0.243 e. The first-order chi connectivity index (χ1) is 8.01. The molecule has 1 aromatic heterocycles. The zero-order valence-corrected chi connectivity index (χ0v) is 11.3. The van der Waals surface area contributed by atoms with E-state index in [1.165, 1.54) is 12.8 Å². The second-order valence-corrected chi connectivity index (χ2v) is 4.14. The number of nitrogens with two attached hydrogens (primary N) is 1. The molecule has 0 aliphatic heterocycles. The molecule has 0 radical (unpaired) electrons. The van der Waals surface area contributed by atoms with E-state index < -0.39 is 12.0 Å². The monoisotopic (exact) mass is 259 g/mol. The van der Waals surface area contributed by atoms with Gasteiger partial charge in [-0.15, -0.1) is 0 Å². The number of aromatic nitrogens is 2. The molecular formula is C11H21N3O2S. The summed E-state index contributed by atoms with van der Waals surface area (Å²) in [6.45, 7) is 3.36. The summed E-state index contributed by atoms with van der Waals surface area (Å²) < 4.78 is 4.28. The van der Waals surface area contributed by atoms with Crippen molar-refractivity contribution in [2.75, 3.05) is 5.75 Å². The lowest BCUT2D eigenvalue weighted by molar-refractivity contribution is -0.671. The van der Waals surface area contributed by atoms with E-state index in [0.717, 1.165) is 6.54 Å². The van der Waals surface area contributed by atoms with Crippen LogP contribution in [0.1, 0.15) is 19.8 Å². The van der Waals surface area contributed by atoms with Crippen molar-refractivity contribution in [3.8, 4) is 0 Å². The first-order valence-corrected chi connectivity index (χ1v) is 6.22. The summed E-state index contributed by atoms with van der Waals surface area (Å²) in [4.78, 5) is 9.65. The van der Waals surface area contributed by atoms with Crippen LogP contribution in [0.4, 0.5) is 0 Å². The number of nitrogens with zero attached hydrogens (tertiary/aromatic N) is 2. The molecule has 1 rings (SSSR count). The van der Waals surface area contributed by atoms with Crippen LogP contribution in [0.25, 0.3) is 0 Å². The summed E-state index contributed by atoms with van der Waals surface area (Å²) in [7, 11) is 2.04. The molecule has 5 nitrogen and oxygen atoms in total. The molecule has 0 saturated carbocycles. The maximum absolute atomic E-state index is 9.65.